The fraction of sp³-hybridized carbons (Fsp3) is 0.917. The first-order valence-electron chi connectivity index (χ1n) is 5.53. The topological polar surface area (TPSA) is 17.1 Å². The molecule has 0 aliphatic heterocycles. The van der Waals surface area contributed by atoms with E-state index in [2.05, 4.69) is 20.8 Å². The minimum absolute atomic E-state index is 0.0175. The molecule has 0 radical (unpaired) electrons. The van der Waals surface area contributed by atoms with Crippen molar-refractivity contribution in [3.63, 3.8) is 0 Å². The summed E-state index contributed by atoms with van der Waals surface area (Å²) in [7, 11) is 0. The molecule has 0 heterocycles. The van der Waals surface area contributed by atoms with Crippen LogP contribution >= 0.6 is 0 Å². The molecule has 0 bridgehead atoms. The Morgan fingerprint density at radius 1 is 1.54 bits per heavy atom. The molecule has 0 saturated heterocycles. The maximum Gasteiger partial charge on any atom is 0.138 e. The Balaban J connectivity index is 2.61. The zero-order chi connectivity index (χ0) is 10.1. The zero-order valence-electron chi connectivity index (χ0n) is 9.39. The minimum atomic E-state index is 0.0175. The van der Waals surface area contributed by atoms with Crippen molar-refractivity contribution in [3.8, 4) is 0 Å². The van der Waals surface area contributed by atoms with Crippen molar-refractivity contribution in [2.45, 2.75) is 53.4 Å². The van der Waals surface area contributed by atoms with Crippen molar-refractivity contribution in [1.29, 1.82) is 0 Å². The van der Waals surface area contributed by atoms with Crippen molar-refractivity contribution in [1.82, 2.24) is 0 Å². The van der Waals surface area contributed by atoms with Crippen LogP contribution in [0.4, 0.5) is 0 Å². The van der Waals surface area contributed by atoms with Gasteiger partial charge in [-0.2, -0.15) is 0 Å². The Bertz CT molecular complexity index is 195. The maximum atomic E-state index is 11.7. The van der Waals surface area contributed by atoms with Crippen molar-refractivity contribution in [2.24, 2.45) is 17.3 Å². The van der Waals surface area contributed by atoms with Crippen LogP contribution in [0.3, 0.4) is 0 Å². The Labute approximate surface area is 81.9 Å². The lowest BCUT2D eigenvalue weighted by Gasteiger charge is -2.22. The Morgan fingerprint density at radius 2 is 2.15 bits per heavy atom. The largest absolute Gasteiger partial charge is 0.299 e. The third kappa shape index (κ3) is 2.12. The summed E-state index contributed by atoms with van der Waals surface area (Å²) in [6.45, 7) is 8.68. The maximum absolute atomic E-state index is 11.7. The minimum Gasteiger partial charge on any atom is -0.299 e. The number of Topliss-reactive ketones (excluding diaryl/α,β-unsaturated/α-hetero) is 1. The lowest BCUT2D eigenvalue weighted by Crippen LogP contribution is -2.24. The van der Waals surface area contributed by atoms with Crippen LogP contribution in [0.5, 0.6) is 0 Å². The van der Waals surface area contributed by atoms with E-state index in [1.807, 2.05) is 6.92 Å². The molecule has 0 N–H and O–H groups in total. The van der Waals surface area contributed by atoms with Gasteiger partial charge in [-0.25, -0.2) is 0 Å². The van der Waals surface area contributed by atoms with E-state index in [0.29, 0.717) is 12.2 Å². The highest BCUT2D eigenvalue weighted by Crippen LogP contribution is 2.45. The molecule has 1 nitrogen and oxygen atoms in total. The smallest absolute Gasteiger partial charge is 0.138 e. The molecule has 1 heteroatoms. The number of ketones is 1. The van der Waals surface area contributed by atoms with Gasteiger partial charge in [0.05, 0.1) is 0 Å². The number of hydrogen-bond donors (Lipinski definition) is 0. The second-order valence-electron chi connectivity index (χ2n) is 5.08. The molecule has 13 heavy (non-hydrogen) atoms. The van der Waals surface area contributed by atoms with Gasteiger partial charge in [-0.3, -0.25) is 4.79 Å². The van der Waals surface area contributed by atoms with Crippen molar-refractivity contribution >= 4 is 5.78 Å². The third-order valence-corrected chi connectivity index (χ3v) is 3.72. The van der Waals surface area contributed by atoms with Crippen LogP contribution in [0.1, 0.15) is 53.4 Å². The first-order valence-corrected chi connectivity index (χ1v) is 5.53. The van der Waals surface area contributed by atoms with Gasteiger partial charge >= 0.3 is 0 Å². The van der Waals surface area contributed by atoms with Crippen LogP contribution in [0, 0.1) is 17.3 Å². The number of carbonyl (C=O) groups excluding carboxylic acids is 1. The van der Waals surface area contributed by atoms with Gasteiger partial charge in [-0.1, -0.05) is 27.7 Å². The quantitative estimate of drug-likeness (QED) is 0.653. The van der Waals surface area contributed by atoms with Crippen LogP contribution in [-0.4, -0.2) is 5.78 Å². The van der Waals surface area contributed by atoms with Gasteiger partial charge in [0.2, 0.25) is 0 Å². The second-order valence-corrected chi connectivity index (χ2v) is 5.08. The summed E-state index contributed by atoms with van der Waals surface area (Å²) >= 11 is 0. The highest BCUT2D eigenvalue weighted by atomic mass is 16.1. The summed E-state index contributed by atoms with van der Waals surface area (Å²) in [4.78, 5) is 11.7. The fourth-order valence-electron chi connectivity index (χ4n) is 2.54. The van der Waals surface area contributed by atoms with E-state index < -0.39 is 0 Å². The molecule has 1 aliphatic carbocycles. The van der Waals surface area contributed by atoms with Gasteiger partial charge in [-0.05, 0) is 31.1 Å². The zero-order valence-corrected chi connectivity index (χ0v) is 9.39. The first-order chi connectivity index (χ1) is 5.99. The lowest BCUT2D eigenvalue weighted by atomic mass is 9.80. The van der Waals surface area contributed by atoms with Gasteiger partial charge in [-0.15, -0.1) is 0 Å². The molecule has 1 aliphatic rings. The predicted octanol–water partition coefficient (Wildman–Crippen LogP) is 3.43. The summed E-state index contributed by atoms with van der Waals surface area (Å²) in [5.41, 5.74) is 0.0175. The van der Waals surface area contributed by atoms with Crippen molar-refractivity contribution in [3.05, 3.63) is 0 Å². The van der Waals surface area contributed by atoms with E-state index in [9.17, 15) is 4.79 Å². The molecule has 1 fully saturated rings. The van der Waals surface area contributed by atoms with Gasteiger partial charge < -0.3 is 0 Å². The summed E-state index contributed by atoms with van der Waals surface area (Å²) in [5, 5.41) is 0. The monoisotopic (exact) mass is 182 g/mol. The number of hydrogen-bond acceptors (Lipinski definition) is 1. The Kier molecular flexibility index (Phi) is 3.15. The van der Waals surface area contributed by atoms with E-state index in [1.54, 1.807) is 0 Å². The third-order valence-electron chi connectivity index (χ3n) is 3.72. The normalized spacial score (nSPS) is 34.1. The van der Waals surface area contributed by atoms with Crippen LogP contribution in [0.15, 0.2) is 0 Å². The van der Waals surface area contributed by atoms with E-state index >= 15 is 0 Å². The SMILES string of the molecule is CCC(=O)[C@@]1(C)CC[C@H](C(C)C)C1. The van der Waals surface area contributed by atoms with Crippen LogP contribution < -0.4 is 0 Å². The standard InChI is InChI=1S/C12H22O/c1-5-11(13)12(4)7-6-10(8-12)9(2)3/h9-10H,5-8H2,1-4H3/t10-,12-/m0/s1. The molecule has 0 unspecified atom stereocenters. The predicted molar refractivity (Wildman–Crippen MR) is 55.6 cm³/mol. The average molecular weight is 182 g/mol. The molecule has 0 aromatic rings. The molecule has 2 atom stereocenters. The van der Waals surface area contributed by atoms with E-state index in [1.165, 1.54) is 6.42 Å². The van der Waals surface area contributed by atoms with Crippen LogP contribution in [-0.2, 0) is 4.79 Å². The molecule has 0 aromatic heterocycles. The molecule has 0 aromatic carbocycles. The highest BCUT2D eigenvalue weighted by molar-refractivity contribution is 5.84. The lowest BCUT2D eigenvalue weighted by molar-refractivity contribution is -0.127. The Hall–Kier alpha value is -0.330. The summed E-state index contributed by atoms with van der Waals surface area (Å²) in [6, 6.07) is 0. The summed E-state index contributed by atoms with van der Waals surface area (Å²) in [6.07, 6.45) is 4.20. The van der Waals surface area contributed by atoms with E-state index in [-0.39, 0.29) is 5.41 Å². The average Bonchev–Trinajstić information content (AvgIpc) is 2.48. The van der Waals surface area contributed by atoms with Crippen molar-refractivity contribution in [2.75, 3.05) is 0 Å². The van der Waals surface area contributed by atoms with Crippen molar-refractivity contribution < 1.29 is 4.79 Å². The second kappa shape index (κ2) is 3.81. The van der Waals surface area contributed by atoms with Crippen LogP contribution in [0.25, 0.3) is 0 Å². The molecule has 1 saturated carbocycles. The van der Waals surface area contributed by atoms with Gasteiger partial charge in [0, 0.05) is 11.8 Å². The number of carbonyl (C=O) groups is 1. The van der Waals surface area contributed by atoms with Crippen LogP contribution in [0.2, 0.25) is 0 Å². The summed E-state index contributed by atoms with van der Waals surface area (Å²) < 4.78 is 0. The Morgan fingerprint density at radius 3 is 2.54 bits per heavy atom. The molecule has 0 spiro atoms. The van der Waals surface area contributed by atoms with Gasteiger partial charge in [0.1, 0.15) is 5.78 Å². The number of rotatable bonds is 3. The fourth-order valence-corrected chi connectivity index (χ4v) is 2.54. The molecule has 76 valence electrons. The van der Waals surface area contributed by atoms with Gasteiger partial charge in [0.15, 0.2) is 0 Å². The van der Waals surface area contributed by atoms with E-state index in [0.717, 1.165) is 24.7 Å². The summed E-state index contributed by atoms with van der Waals surface area (Å²) in [5.74, 6) is 1.99. The van der Waals surface area contributed by atoms with Gasteiger partial charge in [0.25, 0.3) is 0 Å². The molecular formula is C12H22O. The molecular weight excluding hydrogens is 160 g/mol. The highest BCUT2D eigenvalue weighted by Gasteiger charge is 2.40. The molecule has 1 rings (SSSR count). The van der Waals surface area contributed by atoms with E-state index in [4.69, 9.17) is 0 Å². The first kappa shape index (κ1) is 10.7. The molecule has 0 amide bonds.